The lowest BCUT2D eigenvalue weighted by Gasteiger charge is -2.27. The van der Waals surface area contributed by atoms with E-state index < -0.39 is 10.0 Å². The van der Waals surface area contributed by atoms with E-state index in [1.807, 2.05) is 42.5 Å². The van der Waals surface area contributed by atoms with Crippen molar-refractivity contribution < 1.29 is 22.7 Å². The number of carbonyl (C=O) groups excluding carboxylic acids is 1. The molecular weight excluding hydrogens is 602 g/mol. The van der Waals surface area contributed by atoms with E-state index in [0.717, 1.165) is 79.5 Å². The van der Waals surface area contributed by atoms with Gasteiger partial charge in [0, 0.05) is 80.2 Å². The van der Waals surface area contributed by atoms with Crippen LogP contribution in [0.3, 0.4) is 0 Å². The maximum Gasteiger partial charge on any atom is 0.319 e. The van der Waals surface area contributed by atoms with E-state index in [2.05, 4.69) is 31.5 Å². The third-order valence-corrected chi connectivity index (χ3v) is 9.46. The van der Waals surface area contributed by atoms with Crippen molar-refractivity contribution in [3.05, 3.63) is 75.4 Å². The van der Waals surface area contributed by atoms with Gasteiger partial charge in [-0.05, 0) is 36.2 Å². The number of aryl methyl sites for hydroxylation is 1. The Balaban J connectivity index is 1.36. The Morgan fingerprint density at radius 1 is 1.09 bits per heavy atom. The van der Waals surface area contributed by atoms with Crippen LogP contribution in [0, 0.1) is 11.8 Å². The van der Waals surface area contributed by atoms with Crippen molar-refractivity contribution in [1.29, 1.82) is 0 Å². The maximum atomic E-state index is 12.5. The quantitative estimate of drug-likeness (QED) is 0.267. The van der Waals surface area contributed by atoms with Gasteiger partial charge in [-0.3, -0.25) is 14.4 Å². The number of methoxy groups -OCH3 is 1. The number of esters is 1. The molecule has 44 heavy (non-hydrogen) atoms. The van der Waals surface area contributed by atoms with Gasteiger partial charge in [0.2, 0.25) is 10.0 Å². The predicted octanol–water partition coefficient (Wildman–Crippen LogP) is 2.91. The SMILES string of the molecule is COC(=O)CNCc1ccc(C#Cc2cc(-c3nn(CCCN4CCOCC4)c4c3CN(S(C)(=O)=O)CC4)ccc2Cl)cc1. The van der Waals surface area contributed by atoms with Gasteiger partial charge in [-0.2, -0.15) is 9.40 Å². The van der Waals surface area contributed by atoms with Crippen LogP contribution in [0.4, 0.5) is 0 Å². The number of hydrogen-bond acceptors (Lipinski definition) is 8. The van der Waals surface area contributed by atoms with Crippen molar-refractivity contribution in [3.63, 3.8) is 0 Å². The minimum Gasteiger partial charge on any atom is -0.468 e. The zero-order valence-corrected chi connectivity index (χ0v) is 26.7. The van der Waals surface area contributed by atoms with Crippen LogP contribution in [0.2, 0.25) is 5.02 Å². The largest absolute Gasteiger partial charge is 0.468 e. The second kappa shape index (κ2) is 14.7. The molecule has 0 unspecified atom stereocenters. The first-order valence-electron chi connectivity index (χ1n) is 14.7. The standard InChI is InChI=1S/C32H38ClN5O5S/c1-42-31(39)22-34-21-25-6-4-24(5-7-25)8-9-26-20-27(10-11-29(26)33)32-28-23-37(44(2,40)41)15-12-30(28)38(35-32)14-3-13-36-16-18-43-19-17-36/h4-7,10-11,20,34H,3,12-19,21-23H2,1-2H3. The van der Waals surface area contributed by atoms with Gasteiger partial charge >= 0.3 is 5.97 Å². The fourth-order valence-electron chi connectivity index (χ4n) is 5.43. The lowest BCUT2D eigenvalue weighted by Crippen LogP contribution is -2.37. The Bertz CT molecular complexity index is 1640. The highest BCUT2D eigenvalue weighted by Crippen LogP contribution is 2.33. The van der Waals surface area contributed by atoms with Crippen LogP contribution in [0.15, 0.2) is 42.5 Å². The van der Waals surface area contributed by atoms with Gasteiger partial charge in [0.1, 0.15) is 0 Å². The summed E-state index contributed by atoms with van der Waals surface area (Å²) in [6.45, 7) is 6.57. The fraction of sp³-hybridized carbons (Fsp3) is 0.438. The van der Waals surface area contributed by atoms with Gasteiger partial charge in [0.15, 0.2) is 0 Å². The average Bonchev–Trinajstić information content (AvgIpc) is 3.39. The molecule has 234 valence electrons. The smallest absolute Gasteiger partial charge is 0.319 e. The van der Waals surface area contributed by atoms with Crippen LogP contribution >= 0.6 is 11.6 Å². The highest BCUT2D eigenvalue weighted by Gasteiger charge is 2.30. The normalized spacial score (nSPS) is 15.8. The van der Waals surface area contributed by atoms with Gasteiger partial charge < -0.3 is 14.8 Å². The number of hydrogen-bond donors (Lipinski definition) is 1. The molecule has 0 atom stereocenters. The summed E-state index contributed by atoms with van der Waals surface area (Å²) >= 11 is 6.57. The number of aromatic nitrogens is 2. The number of morpholine rings is 1. The highest BCUT2D eigenvalue weighted by atomic mass is 35.5. The Labute approximate surface area is 264 Å². The third-order valence-electron chi connectivity index (χ3n) is 7.88. The summed E-state index contributed by atoms with van der Waals surface area (Å²) in [4.78, 5) is 13.7. The number of nitrogens with one attached hydrogen (secondary N) is 1. The number of nitrogens with zero attached hydrogens (tertiary/aromatic N) is 4. The first-order chi connectivity index (χ1) is 21.2. The van der Waals surface area contributed by atoms with Crippen molar-refractivity contribution in [2.45, 2.75) is 32.5 Å². The van der Waals surface area contributed by atoms with Crippen LogP contribution in [-0.4, -0.2) is 92.7 Å². The highest BCUT2D eigenvalue weighted by molar-refractivity contribution is 7.88. The summed E-state index contributed by atoms with van der Waals surface area (Å²) in [5, 5.41) is 8.60. The Kier molecular flexibility index (Phi) is 10.7. The van der Waals surface area contributed by atoms with Gasteiger partial charge in [0.25, 0.3) is 0 Å². The third kappa shape index (κ3) is 8.27. The van der Waals surface area contributed by atoms with E-state index in [-0.39, 0.29) is 19.1 Å². The summed E-state index contributed by atoms with van der Waals surface area (Å²) in [5.74, 6) is 6.08. The molecule has 0 spiro atoms. The second-order valence-corrected chi connectivity index (χ2v) is 13.4. The van der Waals surface area contributed by atoms with E-state index >= 15 is 0 Å². The number of halogens is 1. The number of sulfonamides is 1. The van der Waals surface area contributed by atoms with Crippen molar-refractivity contribution in [1.82, 2.24) is 24.3 Å². The fourth-order valence-corrected chi connectivity index (χ4v) is 6.38. The Morgan fingerprint density at radius 2 is 1.86 bits per heavy atom. The Morgan fingerprint density at radius 3 is 2.59 bits per heavy atom. The average molecular weight is 640 g/mol. The number of benzene rings is 2. The second-order valence-electron chi connectivity index (χ2n) is 11.0. The molecule has 2 aliphatic heterocycles. The molecule has 3 aromatic rings. The molecule has 1 fully saturated rings. The summed E-state index contributed by atoms with van der Waals surface area (Å²) in [7, 11) is -1.99. The molecule has 0 bridgehead atoms. The van der Waals surface area contributed by atoms with Crippen LogP contribution in [0.1, 0.15) is 34.4 Å². The molecule has 0 aliphatic carbocycles. The van der Waals surface area contributed by atoms with Gasteiger partial charge in [-0.1, -0.05) is 41.6 Å². The molecule has 2 aliphatic rings. The van der Waals surface area contributed by atoms with E-state index in [4.69, 9.17) is 21.4 Å². The van der Waals surface area contributed by atoms with E-state index in [1.54, 1.807) is 0 Å². The lowest BCUT2D eigenvalue weighted by molar-refractivity contribution is -0.139. The van der Waals surface area contributed by atoms with Crippen molar-refractivity contribution in [2.75, 3.05) is 59.3 Å². The molecule has 0 radical (unpaired) electrons. The summed E-state index contributed by atoms with van der Waals surface area (Å²) in [6, 6.07) is 13.4. The maximum absolute atomic E-state index is 12.5. The van der Waals surface area contributed by atoms with E-state index in [1.165, 1.54) is 17.7 Å². The summed E-state index contributed by atoms with van der Waals surface area (Å²) in [6.07, 6.45) is 2.81. The minimum absolute atomic E-state index is 0.148. The summed E-state index contributed by atoms with van der Waals surface area (Å²) < 4.78 is 38.6. The van der Waals surface area contributed by atoms with Gasteiger partial charge in [-0.25, -0.2) is 8.42 Å². The van der Waals surface area contributed by atoms with Crippen molar-refractivity contribution in [2.24, 2.45) is 0 Å². The molecule has 1 N–H and O–H groups in total. The summed E-state index contributed by atoms with van der Waals surface area (Å²) in [5.41, 5.74) is 6.16. The Hall–Kier alpha value is -3.24. The molecule has 12 heteroatoms. The zero-order chi connectivity index (χ0) is 31.1. The monoisotopic (exact) mass is 639 g/mol. The predicted molar refractivity (Wildman–Crippen MR) is 170 cm³/mol. The van der Waals surface area contributed by atoms with Crippen LogP contribution in [-0.2, 0) is 50.3 Å². The number of rotatable bonds is 10. The minimum atomic E-state index is -3.35. The van der Waals surface area contributed by atoms with Gasteiger partial charge in [0.05, 0.1) is 43.8 Å². The zero-order valence-electron chi connectivity index (χ0n) is 25.1. The topological polar surface area (TPSA) is 106 Å². The number of ether oxygens (including phenoxy) is 2. The lowest BCUT2D eigenvalue weighted by atomic mass is 10.0. The first kappa shape index (κ1) is 32.2. The molecule has 1 aromatic heterocycles. The molecule has 5 rings (SSSR count). The molecule has 2 aromatic carbocycles. The molecule has 10 nitrogen and oxygen atoms in total. The number of carbonyl (C=O) groups is 1. The molecular formula is C32H38ClN5O5S. The number of fused-ring (bicyclic) bond motifs is 1. The molecule has 0 amide bonds. The molecule has 3 heterocycles. The van der Waals surface area contributed by atoms with E-state index in [0.29, 0.717) is 30.1 Å². The molecule has 1 saturated heterocycles. The first-order valence-corrected chi connectivity index (χ1v) is 17.0. The van der Waals surface area contributed by atoms with E-state index in [9.17, 15) is 13.2 Å². The van der Waals surface area contributed by atoms with Crippen LogP contribution in [0.25, 0.3) is 11.3 Å². The van der Waals surface area contributed by atoms with Crippen LogP contribution < -0.4 is 5.32 Å². The van der Waals surface area contributed by atoms with Gasteiger partial charge in [-0.15, -0.1) is 0 Å². The van der Waals surface area contributed by atoms with Crippen LogP contribution in [0.5, 0.6) is 0 Å². The van der Waals surface area contributed by atoms with Crippen molar-refractivity contribution in [3.8, 4) is 23.1 Å². The molecule has 0 saturated carbocycles. The van der Waals surface area contributed by atoms with Crippen molar-refractivity contribution >= 4 is 27.6 Å².